The minimum absolute atomic E-state index is 0.129. The molecule has 0 spiro atoms. The van der Waals surface area contributed by atoms with Gasteiger partial charge in [0.2, 0.25) is 0 Å². The van der Waals surface area contributed by atoms with Gasteiger partial charge >= 0.3 is 0 Å². The van der Waals surface area contributed by atoms with Gasteiger partial charge in [0.1, 0.15) is 0 Å². The van der Waals surface area contributed by atoms with Gasteiger partial charge in [0.05, 0.1) is 4.92 Å². The summed E-state index contributed by atoms with van der Waals surface area (Å²) >= 11 is 0. The molecule has 3 rings (SSSR count). The quantitative estimate of drug-likeness (QED) is 0.448. The number of benzene rings is 2. The zero-order valence-electron chi connectivity index (χ0n) is 15.0. The molecule has 0 saturated carbocycles. The van der Waals surface area contributed by atoms with Crippen molar-refractivity contribution in [3.63, 3.8) is 0 Å². The van der Waals surface area contributed by atoms with Gasteiger partial charge in [-0.05, 0) is 30.7 Å². The first-order valence-corrected chi connectivity index (χ1v) is 9.18. The molecule has 0 aromatic heterocycles. The number of nitro groups is 1. The van der Waals surface area contributed by atoms with E-state index in [1.54, 1.807) is 12.1 Å². The van der Waals surface area contributed by atoms with Gasteiger partial charge in [0.15, 0.2) is 0 Å². The Morgan fingerprint density at radius 3 is 2.23 bits per heavy atom. The van der Waals surface area contributed by atoms with E-state index in [1.807, 2.05) is 0 Å². The molecule has 26 heavy (non-hydrogen) atoms. The van der Waals surface area contributed by atoms with E-state index in [9.17, 15) is 10.1 Å². The molecule has 0 amide bonds. The first kappa shape index (κ1) is 18.4. The molecule has 0 radical (unpaired) electrons. The van der Waals surface area contributed by atoms with Crippen LogP contribution in [0.3, 0.4) is 0 Å². The molecule has 2 aromatic rings. The van der Waals surface area contributed by atoms with Gasteiger partial charge in [-0.3, -0.25) is 15.0 Å². The number of nitro benzene ring substituents is 1. The number of anilines is 1. The van der Waals surface area contributed by atoms with Crippen molar-refractivity contribution >= 4 is 11.4 Å². The maximum Gasteiger partial charge on any atom is 0.269 e. The first-order valence-electron chi connectivity index (χ1n) is 9.18. The minimum Gasteiger partial charge on any atom is -0.385 e. The molecule has 1 aliphatic heterocycles. The molecule has 138 valence electrons. The van der Waals surface area contributed by atoms with Crippen molar-refractivity contribution in [2.75, 3.05) is 44.6 Å². The number of hydrogen-bond acceptors (Lipinski definition) is 5. The average molecular weight is 354 g/mol. The van der Waals surface area contributed by atoms with Gasteiger partial charge in [-0.2, -0.15) is 0 Å². The van der Waals surface area contributed by atoms with E-state index < -0.39 is 0 Å². The highest BCUT2D eigenvalue weighted by Gasteiger charge is 2.16. The third-order valence-electron chi connectivity index (χ3n) is 4.77. The van der Waals surface area contributed by atoms with E-state index in [0.717, 1.165) is 57.9 Å². The predicted octanol–water partition coefficient (Wildman–Crippen LogP) is 3.21. The molecule has 1 saturated heterocycles. The lowest BCUT2D eigenvalue weighted by molar-refractivity contribution is -0.384. The summed E-state index contributed by atoms with van der Waals surface area (Å²) in [5.74, 6) is 0. The average Bonchev–Trinajstić information content (AvgIpc) is 2.68. The lowest BCUT2D eigenvalue weighted by Crippen LogP contribution is -2.46. The number of piperazine rings is 1. The van der Waals surface area contributed by atoms with Crippen LogP contribution >= 0.6 is 0 Å². The summed E-state index contributed by atoms with van der Waals surface area (Å²) in [5, 5.41) is 14.0. The number of nitrogens with zero attached hydrogens (tertiary/aromatic N) is 3. The topological polar surface area (TPSA) is 61.7 Å². The number of nitrogens with one attached hydrogen (secondary N) is 1. The van der Waals surface area contributed by atoms with Crippen LogP contribution in [-0.2, 0) is 6.54 Å². The molecular weight excluding hydrogens is 328 g/mol. The SMILES string of the molecule is O=[N+]([O-])c1ccc(NCCCN2CCN(Cc3ccccc3)CC2)cc1. The summed E-state index contributed by atoms with van der Waals surface area (Å²) in [6.45, 7) is 7.46. The lowest BCUT2D eigenvalue weighted by atomic mass is 10.2. The fourth-order valence-electron chi connectivity index (χ4n) is 3.25. The van der Waals surface area contributed by atoms with Crippen molar-refractivity contribution in [1.82, 2.24) is 9.80 Å². The Bertz CT molecular complexity index is 683. The third kappa shape index (κ3) is 5.54. The second-order valence-corrected chi connectivity index (χ2v) is 6.69. The summed E-state index contributed by atoms with van der Waals surface area (Å²) in [5.41, 5.74) is 2.44. The van der Waals surface area contributed by atoms with E-state index in [4.69, 9.17) is 0 Å². The van der Waals surface area contributed by atoms with Crippen LogP contribution in [0.25, 0.3) is 0 Å². The van der Waals surface area contributed by atoms with Gasteiger partial charge in [-0.1, -0.05) is 30.3 Å². The van der Waals surface area contributed by atoms with Gasteiger partial charge in [0.25, 0.3) is 5.69 Å². The Morgan fingerprint density at radius 2 is 1.58 bits per heavy atom. The molecule has 0 aliphatic carbocycles. The molecule has 0 bridgehead atoms. The highest BCUT2D eigenvalue weighted by molar-refractivity contribution is 5.48. The number of hydrogen-bond donors (Lipinski definition) is 1. The van der Waals surface area contributed by atoms with Gasteiger partial charge in [-0.15, -0.1) is 0 Å². The summed E-state index contributed by atoms with van der Waals surface area (Å²) in [6.07, 6.45) is 1.07. The molecule has 1 fully saturated rings. The van der Waals surface area contributed by atoms with Crippen molar-refractivity contribution in [1.29, 1.82) is 0 Å². The Hall–Kier alpha value is -2.44. The summed E-state index contributed by atoms with van der Waals surface area (Å²) in [7, 11) is 0. The Kier molecular flexibility index (Phi) is 6.57. The molecule has 6 nitrogen and oxygen atoms in total. The Morgan fingerprint density at radius 1 is 0.923 bits per heavy atom. The van der Waals surface area contributed by atoms with Crippen LogP contribution < -0.4 is 5.32 Å². The van der Waals surface area contributed by atoms with E-state index in [2.05, 4.69) is 45.4 Å². The van der Waals surface area contributed by atoms with Gasteiger partial charge in [0, 0.05) is 57.1 Å². The van der Waals surface area contributed by atoms with Crippen molar-refractivity contribution in [2.24, 2.45) is 0 Å². The van der Waals surface area contributed by atoms with Crippen LogP contribution in [0.1, 0.15) is 12.0 Å². The number of non-ortho nitro benzene ring substituents is 1. The van der Waals surface area contributed by atoms with Crippen molar-refractivity contribution in [3.05, 3.63) is 70.3 Å². The maximum atomic E-state index is 10.6. The lowest BCUT2D eigenvalue weighted by Gasteiger charge is -2.34. The fourth-order valence-corrected chi connectivity index (χ4v) is 3.25. The van der Waals surface area contributed by atoms with Crippen molar-refractivity contribution in [2.45, 2.75) is 13.0 Å². The smallest absolute Gasteiger partial charge is 0.269 e. The summed E-state index contributed by atoms with van der Waals surface area (Å²) in [6, 6.07) is 17.2. The van der Waals surface area contributed by atoms with Crippen molar-refractivity contribution < 1.29 is 4.92 Å². The van der Waals surface area contributed by atoms with E-state index in [-0.39, 0.29) is 10.6 Å². The van der Waals surface area contributed by atoms with Crippen molar-refractivity contribution in [3.8, 4) is 0 Å². The fraction of sp³-hybridized carbons (Fsp3) is 0.400. The Balaban J connectivity index is 1.31. The first-order chi connectivity index (χ1) is 12.7. The largest absolute Gasteiger partial charge is 0.385 e. The summed E-state index contributed by atoms with van der Waals surface area (Å²) in [4.78, 5) is 15.3. The summed E-state index contributed by atoms with van der Waals surface area (Å²) < 4.78 is 0. The van der Waals surface area contributed by atoms with Crippen LogP contribution in [0, 0.1) is 10.1 Å². The van der Waals surface area contributed by atoms with E-state index in [1.165, 1.54) is 17.7 Å². The molecule has 6 heteroatoms. The molecule has 2 aromatic carbocycles. The zero-order chi connectivity index (χ0) is 18.2. The molecule has 0 atom stereocenters. The van der Waals surface area contributed by atoms with Gasteiger partial charge < -0.3 is 10.2 Å². The van der Waals surface area contributed by atoms with Crippen LogP contribution in [-0.4, -0.2) is 54.0 Å². The third-order valence-corrected chi connectivity index (χ3v) is 4.77. The van der Waals surface area contributed by atoms with Gasteiger partial charge in [-0.25, -0.2) is 0 Å². The molecule has 1 N–H and O–H groups in total. The number of rotatable bonds is 8. The van der Waals surface area contributed by atoms with Crippen LogP contribution in [0.15, 0.2) is 54.6 Å². The zero-order valence-corrected chi connectivity index (χ0v) is 15.0. The monoisotopic (exact) mass is 354 g/mol. The van der Waals surface area contributed by atoms with Crippen LogP contribution in [0.2, 0.25) is 0 Å². The van der Waals surface area contributed by atoms with E-state index in [0.29, 0.717) is 0 Å². The van der Waals surface area contributed by atoms with Crippen LogP contribution in [0.4, 0.5) is 11.4 Å². The molecule has 1 heterocycles. The maximum absolute atomic E-state index is 10.6. The predicted molar refractivity (Wildman–Crippen MR) is 104 cm³/mol. The normalized spacial score (nSPS) is 15.7. The van der Waals surface area contributed by atoms with E-state index >= 15 is 0 Å². The second-order valence-electron chi connectivity index (χ2n) is 6.69. The van der Waals surface area contributed by atoms with Crippen LogP contribution in [0.5, 0.6) is 0 Å². The molecule has 0 unspecified atom stereocenters. The molecular formula is C20H26N4O2. The minimum atomic E-state index is -0.374. The highest BCUT2D eigenvalue weighted by atomic mass is 16.6. The second kappa shape index (κ2) is 9.31. The standard InChI is InChI=1S/C20H26N4O2/c25-24(26)20-9-7-19(8-10-20)21-11-4-12-22-13-15-23(16-14-22)17-18-5-2-1-3-6-18/h1-3,5-10,21H,4,11-17H2. The molecule has 1 aliphatic rings. The highest BCUT2D eigenvalue weighted by Crippen LogP contribution is 2.15. The Labute approximate surface area is 154 Å².